The SMILES string of the molecule is C=CCN(CCCCC)C(=O)C1N(CCCCCCO)C(=O)[C@@H]2[C@H](C(=O)OCC)[C@@H]3CC(C)C12S3. The fourth-order valence-corrected chi connectivity index (χ4v) is 8.87. The van der Waals surface area contributed by atoms with Crippen LogP contribution in [0.15, 0.2) is 12.7 Å². The molecule has 0 radical (unpaired) electrons. The summed E-state index contributed by atoms with van der Waals surface area (Å²) in [6, 6.07) is -0.566. The maximum Gasteiger partial charge on any atom is 0.310 e. The molecule has 35 heavy (non-hydrogen) atoms. The fourth-order valence-electron chi connectivity index (χ4n) is 6.47. The highest BCUT2D eigenvalue weighted by Crippen LogP contribution is 2.68. The molecule has 3 unspecified atom stereocenters. The number of carbonyl (C=O) groups is 3. The predicted molar refractivity (Wildman–Crippen MR) is 139 cm³/mol. The number of rotatable bonds is 15. The molecule has 3 aliphatic heterocycles. The second-order valence-electron chi connectivity index (χ2n) is 10.3. The van der Waals surface area contributed by atoms with Gasteiger partial charge >= 0.3 is 5.97 Å². The maximum atomic E-state index is 14.2. The molecule has 6 atom stereocenters. The van der Waals surface area contributed by atoms with Gasteiger partial charge in [0.1, 0.15) is 6.04 Å². The lowest BCUT2D eigenvalue weighted by Gasteiger charge is -2.40. The molecule has 0 aliphatic carbocycles. The highest BCUT2D eigenvalue weighted by atomic mass is 32.2. The lowest BCUT2D eigenvalue weighted by molar-refractivity contribution is -0.154. The molecule has 198 valence electrons. The molecule has 0 aromatic heterocycles. The van der Waals surface area contributed by atoms with Crippen molar-refractivity contribution in [1.82, 2.24) is 9.80 Å². The van der Waals surface area contributed by atoms with Gasteiger partial charge < -0.3 is 19.6 Å². The van der Waals surface area contributed by atoms with E-state index in [0.717, 1.165) is 51.4 Å². The van der Waals surface area contributed by atoms with Gasteiger partial charge in [-0.25, -0.2) is 0 Å². The van der Waals surface area contributed by atoms with Gasteiger partial charge in [-0.3, -0.25) is 14.4 Å². The lowest BCUT2D eigenvalue weighted by atomic mass is 9.66. The Morgan fingerprint density at radius 3 is 2.63 bits per heavy atom. The van der Waals surface area contributed by atoms with Crippen molar-refractivity contribution in [2.45, 2.75) is 88.2 Å². The van der Waals surface area contributed by atoms with E-state index < -0.39 is 22.6 Å². The molecule has 7 nitrogen and oxygen atoms in total. The number of likely N-dealkylation sites (tertiary alicyclic amines) is 1. The van der Waals surface area contributed by atoms with Crippen LogP contribution in [0.4, 0.5) is 0 Å². The molecule has 0 aromatic carbocycles. The number of thioether (sulfide) groups is 1. The van der Waals surface area contributed by atoms with Crippen LogP contribution in [0.2, 0.25) is 0 Å². The van der Waals surface area contributed by atoms with E-state index >= 15 is 0 Å². The summed E-state index contributed by atoms with van der Waals surface area (Å²) in [5, 5.41) is 9.12. The van der Waals surface area contributed by atoms with Crippen molar-refractivity contribution < 1.29 is 24.2 Å². The van der Waals surface area contributed by atoms with Crippen LogP contribution in [0.1, 0.15) is 72.1 Å². The molecule has 1 spiro atoms. The van der Waals surface area contributed by atoms with Gasteiger partial charge in [-0.15, -0.1) is 18.3 Å². The van der Waals surface area contributed by atoms with Gasteiger partial charge in [0.15, 0.2) is 0 Å². The second-order valence-corrected chi connectivity index (χ2v) is 11.8. The van der Waals surface area contributed by atoms with E-state index in [9.17, 15) is 14.4 Å². The van der Waals surface area contributed by atoms with E-state index in [1.807, 2.05) is 4.90 Å². The third-order valence-electron chi connectivity index (χ3n) is 8.04. The number of nitrogens with zero attached hydrogens (tertiary/aromatic N) is 2. The topological polar surface area (TPSA) is 87.2 Å². The zero-order valence-corrected chi connectivity index (χ0v) is 22.6. The molecule has 3 fully saturated rings. The number of aliphatic hydroxyl groups is 1. The molecule has 3 aliphatic rings. The minimum absolute atomic E-state index is 0.00304. The molecule has 2 amide bonds. The molecular formula is C27H44N2O5S. The lowest BCUT2D eigenvalue weighted by Crippen LogP contribution is -2.57. The zero-order valence-electron chi connectivity index (χ0n) is 21.7. The minimum Gasteiger partial charge on any atom is -0.466 e. The Balaban J connectivity index is 1.94. The summed E-state index contributed by atoms with van der Waals surface area (Å²) in [7, 11) is 0. The molecule has 0 saturated carbocycles. The largest absolute Gasteiger partial charge is 0.466 e. The average Bonchev–Trinajstić information content (AvgIpc) is 3.42. The molecule has 3 heterocycles. The third-order valence-corrected chi connectivity index (χ3v) is 10.1. The summed E-state index contributed by atoms with van der Waals surface area (Å²) in [5.74, 6) is -1.18. The first kappa shape index (κ1) is 28.0. The molecule has 0 aromatic rings. The summed E-state index contributed by atoms with van der Waals surface area (Å²) in [5.41, 5.74) is 0. The van der Waals surface area contributed by atoms with Crippen LogP contribution < -0.4 is 0 Å². The van der Waals surface area contributed by atoms with Crippen LogP contribution in [0, 0.1) is 17.8 Å². The smallest absolute Gasteiger partial charge is 0.310 e. The van der Waals surface area contributed by atoms with Gasteiger partial charge in [0.05, 0.1) is 23.2 Å². The number of esters is 1. The fraction of sp³-hybridized carbons (Fsp3) is 0.815. The van der Waals surface area contributed by atoms with Gasteiger partial charge in [-0.05, 0) is 38.5 Å². The first-order valence-electron chi connectivity index (χ1n) is 13.5. The van der Waals surface area contributed by atoms with Crippen LogP contribution in [-0.2, 0) is 19.1 Å². The van der Waals surface area contributed by atoms with Gasteiger partial charge in [-0.1, -0.05) is 45.6 Å². The second kappa shape index (κ2) is 12.6. The summed E-state index contributed by atoms with van der Waals surface area (Å²) >= 11 is 1.71. The molecule has 3 rings (SSSR count). The summed E-state index contributed by atoms with van der Waals surface area (Å²) in [6.07, 6.45) is 8.93. The molecule has 3 saturated heterocycles. The summed E-state index contributed by atoms with van der Waals surface area (Å²) in [4.78, 5) is 44.9. The number of carbonyl (C=O) groups excluding carboxylic acids is 3. The van der Waals surface area contributed by atoms with Gasteiger partial charge in [0.25, 0.3) is 0 Å². The standard InChI is InChI=1S/C27H44N2O5S/c1-5-8-11-15-28(14-6-2)25(32)23-27-19(4)18-20(35-27)21(26(33)34-7-3)22(27)24(31)29(23)16-12-9-10-13-17-30/h6,19-23,30H,2,5,7-18H2,1,3-4H3/t19?,20-,21+,22-,23?,27?/m0/s1. The first-order chi connectivity index (χ1) is 16.9. The maximum absolute atomic E-state index is 14.2. The van der Waals surface area contributed by atoms with Crippen LogP contribution in [0.25, 0.3) is 0 Å². The molecule has 1 N–H and O–H groups in total. The zero-order chi connectivity index (χ0) is 25.6. The molecule has 2 bridgehead atoms. The van der Waals surface area contributed by atoms with Crippen molar-refractivity contribution in [1.29, 1.82) is 0 Å². The first-order valence-corrected chi connectivity index (χ1v) is 14.4. The Morgan fingerprint density at radius 2 is 1.97 bits per heavy atom. The van der Waals surface area contributed by atoms with Crippen LogP contribution >= 0.6 is 11.8 Å². The summed E-state index contributed by atoms with van der Waals surface area (Å²) < 4.78 is 4.83. The minimum atomic E-state index is -0.592. The molecule has 8 heteroatoms. The van der Waals surface area contributed by atoms with Crippen molar-refractivity contribution in [3.63, 3.8) is 0 Å². The van der Waals surface area contributed by atoms with Gasteiger partial charge in [-0.2, -0.15) is 0 Å². The van der Waals surface area contributed by atoms with Crippen molar-refractivity contribution in [3.05, 3.63) is 12.7 Å². The highest BCUT2D eigenvalue weighted by molar-refractivity contribution is 8.02. The van der Waals surface area contributed by atoms with Crippen LogP contribution in [0.5, 0.6) is 0 Å². The van der Waals surface area contributed by atoms with Crippen molar-refractivity contribution >= 4 is 29.5 Å². The van der Waals surface area contributed by atoms with Crippen molar-refractivity contribution in [2.75, 3.05) is 32.8 Å². The number of hydrogen-bond acceptors (Lipinski definition) is 6. The van der Waals surface area contributed by atoms with Gasteiger partial charge in [0.2, 0.25) is 11.8 Å². The van der Waals surface area contributed by atoms with E-state index in [1.54, 1.807) is 29.7 Å². The number of unbranched alkanes of at least 4 members (excludes halogenated alkanes) is 5. The number of fused-ring (bicyclic) bond motifs is 1. The average molecular weight is 509 g/mol. The quantitative estimate of drug-likeness (QED) is 0.206. The van der Waals surface area contributed by atoms with E-state index in [0.29, 0.717) is 19.6 Å². The Morgan fingerprint density at radius 1 is 1.23 bits per heavy atom. The number of aliphatic hydroxyl groups excluding tert-OH is 1. The number of ether oxygens (including phenoxy) is 1. The third kappa shape index (κ3) is 5.29. The van der Waals surface area contributed by atoms with Crippen LogP contribution in [-0.4, -0.2) is 81.6 Å². The predicted octanol–water partition coefficient (Wildman–Crippen LogP) is 3.64. The van der Waals surface area contributed by atoms with Crippen LogP contribution in [0.3, 0.4) is 0 Å². The highest BCUT2D eigenvalue weighted by Gasteiger charge is 2.76. The van der Waals surface area contributed by atoms with Gasteiger partial charge in [0, 0.05) is 31.5 Å². The Labute approximate surface area is 215 Å². The normalized spacial score (nSPS) is 31.0. The van der Waals surface area contributed by atoms with Crippen molar-refractivity contribution in [3.8, 4) is 0 Å². The summed E-state index contributed by atoms with van der Waals surface area (Å²) in [6.45, 7) is 12.0. The van der Waals surface area contributed by atoms with E-state index in [1.165, 1.54) is 0 Å². The number of amides is 2. The van der Waals surface area contributed by atoms with E-state index in [2.05, 4.69) is 20.4 Å². The van der Waals surface area contributed by atoms with E-state index in [-0.39, 0.29) is 42.2 Å². The van der Waals surface area contributed by atoms with Crippen molar-refractivity contribution in [2.24, 2.45) is 17.8 Å². The molecular weight excluding hydrogens is 464 g/mol. The monoisotopic (exact) mass is 508 g/mol. The number of hydrogen-bond donors (Lipinski definition) is 1. The Kier molecular flexibility index (Phi) is 10.1. The Hall–Kier alpha value is -1.54. The Bertz CT molecular complexity index is 777. The van der Waals surface area contributed by atoms with E-state index in [4.69, 9.17) is 9.84 Å².